The van der Waals surface area contributed by atoms with Crippen LogP contribution in [0.1, 0.15) is 48.9 Å². The average Bonchev–Trinajstić information content (AvgIpc) is 3.71. The third-order valence-corrected chi connectivity index (χ3v) is 9.46. The molecule has 2 heterocycles. The van der Waals surface area contributed by atoms with Crippen LogP contribution in [-0.2, 0) is 9.59 Å². The highest BCUT2D eigenvalue weighted by Gasteiger charge is 2.55. The Morgan fingerprint density at radius 1 is 1.00 bits per heavy atom. The molecule has 2 aliphatic carbocycles. The van der Waals surface area contributed by atoms with Gasteiger partial charge in [-0.3, -0.25) is 19.3 Å². The predicted octanol–water partition coefficient (Wildman–Crippen LogP) is 5.14. The van der Waals surface area contributed by atoms with Crippen molar-refractivity contribution in [1.29, 1.82) is 0 Å². The molecule has 238 valence electrons. The molecule has 1 spiro atoms. The molecule has 1 atom stereocenters. The van der Waals surface area contributed by atoms with E-state index in [1.807, 2.05) is 59.5 Å². The van der Waals surface area contributed by atoms with Crippen molar-refractivity contribution in [3.63, 3.8) is 0 Å². The summed E-state index contributed by atoms with van der Waals surface area (Å²) in [4.78, 5) is 41.8. The fraction of sp³-hybridized carbons (Fsp3) is 0.368. The number of benzene rings is 3. The molecule has 8 heteroatoms. The van der Waals surface area contributed by atoms with Gasteiger partial charge in [0.1, 0.15) is 31.0 Å². The Balaban J connectivity index is 1.07. The molecule has 4 aliphatic rings. The van der Waals surface area contributed by atoms with Crippen molar-refractivity contribution in [2.24, 2.45) is 0 Å². The molecular weight excluding hydrogens is 576 g/mol. The van der Waals surface area contributed by atoms with Crippen LogP contribution in [0.4, 0.5) is 5.69 Å². The molecule has 8 nitrogen and oxygen atoms in total. The molecule has 1 saturated heterocycles. The number of amides is 1. The fourth-order valence-corrected chi connectivity index (χ4v) is 6.65. The van der Waals surface area contributed by atoms with Crippen LogP contribution in [0.5, 0.6) is 0 Å². The minimum Gasteiger partial charge on any atom is -0.456 e. The standard InChI is InChI=1S/C38H42N4O4/c1-40(2)28-15-17-30-33(22-28)46-34-23-29(41(3)4)16-18-31(34)37(30)26-13-11-25(12-14-26)32(43)9-7-20-39-36(45)10-6-8-27-24-38(27)35(44)19-21-42(38)5/h11-18,22-24H,6-10,19-21H2,1-5H3/p+1. The van der Waals surface area contributed by atoms with Gasteiger partial charge < -0.3 is 14.6 Å². The SMILES string of the molecule is CN(C)c1ccc2c(-c3ccc(C(=O)CCCNC(=O)CCCC4=CC45C(=O)CCN5C)cc3)c3ccc(=[N+](C)C)cc-3oc2c1. The summed E-state index contributed by atoms with van der Waals surface area (Å²) in [5.74, 6) is 1.13. The zero-order valence-corrected chi connectivity index (χ0v) is 27.5. The number of hydrogen-bond donors (Lipinski definition) is 1. The third kappa shape index (κ3) is 6.01. The largest absolute Gasteiger partial charge is 0.456 e. The lowest BCUT2D eigenvalue weighted by Gasteiger charge is -2.19. The Labute approximate surface area is 270 Å². The van der Waals surface area contributed by atoms with E-state index in [1.54, 1.807) is 0 Å². The van der Waals surface area contributed by atoms with Crippen molar-refractivity contribution >= 4 is 34.1 Å². The van der Waals surface area contributed by atoms with Crippen molar-refractivity contribution in [1.82, 2.24) is 14.8 Å². The van der Waals surface area contributed by atoms with Gasteiger partial charge in [-0.2, -0.15) is 0 Å². The first kappa shape index (κ1) is 31.4. The zero-order valence-electron chi connectivity index (χ0n) is 27.5. The topological polar surface area (TPSA) is 85.9 Å². The van der Waals surface area contributed by atoms with Gasteiger partial charge in [0.05, 0.1) is 6.07 Å². The van der Waals surface area contributed by atoms with E-state index in [-0.39, 0.29) is 17.5 Å². The normalized spacial score (nSPS) is 17.5. The Kier molecular flexibility index (Phi) is 8.66. The number of likely N-dealkylation sites (tertiary alicyclic amines) is 1. The smallest absolute Gasteiger partial charge is 0.220 e. The highest BCUT2D eigenvalue weighted by Crippen LogP contribution is 2.47. The van der Waals surface area contributed by atoms with Crippen molar-refractivity contribution < 1.29 is 18.8 Å². The number of likely N-dealkylation sites (N-methyl/N-ethyl adjacent to an activating group) is 1. The zero-order chi connectivity index (χ0) is 32.6. The number of fused-ring (bicyclic) bond motifs is 2. The minimum absolute atomic E-state index is 0.0114. The van der Waals surface area contributed by atoms with Gasteiger partial charge in [0.2, 0.25) is 11.3 Å². The number of ketones is 2. The summed E-state index contributed by atoms with van der Waals surface area (Å²) in [5, 5.41) is 5.01. The Morgan fingerprint density at radius 2 is 1.78 bits per heavy atom. The van der Waals surface area contributed by atoms with E-state index in [0.717, 1.165) is 69.4 Å². The van der Waals surface area contributed by atoms with Gasteiger partial charge in [0, 0.05) is 86.3 Å². The van der Waals surface area contributed by atoms with Crippen LogP contribution in [0.3, 0.4) is 0 Å². The second-order valence-corrected chi connectivity index (χ2v) is 13.0. The number of Topliss-reactive ketones (excluding diaryl/α,β-unsaturated/α-hetero) is 2. The van der Waals surface area contributed by atoms with E-state index in [4.69, 9.17) is 4.42 Å². The molecule has 1 N–H and O–H groups in total. The first-order chi connectivity index (χ1) is 22.1. The van der Waals surface area contributed by atoms with Gasteiger partial charge in [-0.15, -0.1) is 0 Å². The summed E-state index contributed by atoms with van der Waals surface area (Å²) in [7, 11) is 10.0. The minimum atomic E-state index is -0.431. The van der Waals surface area contributed by atoms with Crippen molar-refractivity contribution in [3.05, 3.63) is 83.2 Å². The van der Waals surface area contributed by atoms with Crippen molar-refractivity contribution in [2.45, 2.75) is 44.1 Å². The number of carbonyl (C=O) groups is 3. The van der Waals surface area contributed by atoms with Gasteiger partial charge in [0.25, 0.3) is 0 Å². The fourth-order valence-electron chi connectivity index (χ4n) is 6.65. The number of carbonyl (C=O) groups excluding carboxylic acids is 3. The highest BCUT2D eigenvalue weighted by atomic mass is 16.3. The first-order valence-corrected chi connectivity index (χ1v) is 16.1. The van der Waals surface area contributed by atoms with Crippen molar-refractivity contribution in [2.75, 3.05) is 53.2 Å². The lowest BCUT2D eigenvalue weighted by atomic mass is 9.92. The van der Waals surface area contributed by atoms with Gasteiger partial charge >= 0.3 is 0 Å². The van der Waals surface area contributed by atoms with Gasteiger partial charge in [0.15, 0.2) is 11.6 Å². The Hall–Kier alpha value is -4.56. The van der Waals surface area contributed by atoms with Crippen LogP contribution in [0, 0.1) is 0 Å². The number of nitrogens with zero attached hydrogens (tertiary/aromatic N) is 3. The summed E-state index contributed by atoms with van der Waals surface area (Å²) < 4.78 is 8.49. The second kappa shape index (κ2) is 12.7. The molecule has 2 aromatic rings. The van der Waals surface area contributed by atoms with Crippen molar-refractivity contribution in [3.8, 4) is 22.5 Å². The summed E-state index contributed by atoms with van der Waals surface area (Å²) >= 11 is 0. The van der Waals surface area contributed by atoms with Crippen LogP contribution >= 0.6 is 0 Å². The van der Waals surface area contributed by atoms with Crippen LogP contribution in [0.25, 0.3) is 33.4 Å². The van der Waals surface area contributed by atoms with E-state index in [0.29, 0.717) is 37.8 Å². The number of nitrogens with one attached hydrogen (secondary N) is 1. The van der Waals surface area contributed by atoms with Crippen LogP contribution in [0.15, 0.2) is 76.7 Å². The maximum Gasteiger partial charge on any atom is 0.220 e. The average molecular weight is 620 g/mol. The summed E-state index contributed by atoms with van der Waals surface area (Å²) in [6.45, 7) is 1.27. The molecule has 0 bridgehead atoms. The number of hydrogen-bond acceptors (Lipinski definition) is 6. The molecule has 0 saturated carbocycles. The number of rotatable bonds is 11. The van der Waals surface area contributed by atoms with E-state index < -0.39 is 5.54 Å². The predicted molar refractivity (Wildman–Crippen MR) is 183 cm³/mol. The van der Waals surface area contributed by atoms with E-state index in [1.165, 1.54) is 0 Å². The summed E-state index contributed by atoms with van der Waals surface area (Å²) in [6.07, 6.45) is 5.52. The Morgan fingerprint density at radius 3 is 2.48 bits per heavy atom. The molecule has 1 fully saturated rings. The maximum absolute atomic E-state index is 13.0. The monoisotopic (exact) mass is 619 g/mol. The van der Waals surface area contributed by atoms with E-state index >= 15 is 0 Å². The molecule has 0 aromatic heterocycles. The molecule has 1 unspecified atom stereocenters. The number of anilines is 1. The molecule has 1 amide bonds. The molecule has 46 heavy (non-hydrogen) atoms. The molecular formula is C38H43N4O4+. The van der Waals surface area contributed by atoms with Gasteiger partial charge in [-0.05, 0) is 55.6 Å². The van der Waals surface area contributed by atoms with Crippen LogP contribution in [0.2, 0.25) is 0 Å². The second-order valence-electron chi connectivity index (χ2n) is 13.0. The molecule has 6 rings (SSSR count). The van der Waals surface area contributed by atoms with Gasteiger partial charge in [-0.25, -0.2) is 4.58 Å². The molecule has 0 radical (unpaired) electrons. The first-order valence-electron chi connectivity index (χ1n) is 16.1. The quantitative estimate of drug-likeness (QED) is 0.0824. The third-order valence-electron chi connectivity index (χ3n) is 9.46. The lowest BCUT2D eigenvalue weighted by Crippen LogP contribution is -2.35. The van der Waals surface area contributed by atoms with E-state index in [9.17, 15) is 14.4 Å². The van der Waals surface area contributed by atoms with Crippen LogP contribution < -0.4 is 20.1 Å². The summed E-state index contributed by atoms with van der Waals surface area (Å²) in [6, 6.07) is 20.3. The molecule has 2 aliphatic heterocycles. The maximum atomic E-state index is 13.0. The Bertz CT molecular complexity index is 1900. The molecule has 2 aromatic carbocycles. The highest BCUT2D eigenvalue weighted by molar-refractivity contribution is 6.04. The van der Waals surface area contributed by atoms with Crippen LogP contribution in [-0.4, -0.2) is 76.2 Å². The lowest BCUT2D eigenvalue weighted by molar-refractivity contribution is -0.121. The van der Waals surface area contributed by atoms with E-state index in [2.05, 4.69) is 62.2 Å². The summed E-state index contributed by atoms with van der Waals surface area (Å²) in [5.41, 5.74) is 6.34. The van der Waals surface area contributed by atoms with Gasteiger partial charge in [-0.1, -0.05) is 30.3 Å².